The zero-order valence-electron chi connectivity index (χ0n) is 11.2. The van der Waals surface area contributed by atoms with Crippen molar-refractivity contribution >= 4 is 17.6 Å². The van der Waals surface area contributed by atoms with E-state index in [2.05, 4.69) is 15.5 Å². The first-order valence-electron chi connectivity index (χ1n) is 6.25. The van der Waals surface area contributed by atoms with Crippen molar-refractivity contribution in [3.63, 3.8) is 0 Å². The molecule has 1 aromatic heterocycles. The molecule has 0 radical (unpaired) electrons. The van der Waals surface area contributed by atoms with Gasteiger partial charge in [0.1, 0.15) is 0 Å². The Hall–Kier alpha value is -1.95. The summed E-state index contributed by atoms with van der Waals surface area (Å²) in [7, 11) is 0. The topological polar surface area (TPSA) is 80.9 Å². The van der Waals surface area contributed by atoms with Gasteiger partial charge in [0.15, 0.2) is 5.82 Å². The number of rotatable bonds is 5. The van der Waals surface area contributed by atoms with Crippen LogP contribution in [0.1, 0.15) is 18.9 Å². The van der Waals surface area contributed by atoms with Crippen molar-refractivity contribution in [1.82, 2.24) is 20.2 Å². The van der Waals surface area contributed by atoms with E-state index in [9.17, 15) is 4.79 Å². The summed E-state index contributed by atoms with van der Waals surface area (Å²) in [6.07, 6.45) is 0.455. The molecule has 7 heteroatoms. The number of tetrazole rings is 1. The molecular formula is C13H15ClN4O2. The molecule has 1 unspecified atom stereocenters. The maximum atomic E-state index is 10.8. The first-order valence-corrected chi connectivity index (χ1v) is 6.63. The van der Waals surface area contributed by atoms with Crippen molar-refractivity contribution in [2.24, 2.45) is 5.92 Å². The molecule has 0 fully saturated rings. The number of hydrogen-bond acceptors (Lipinski definition) is 4. The van der Waals surface area contributed by atoms with Crippen LogP contribution in [0.4, 0.5) is 0 Å². The lowest BCUT2D eigenvalue weighted by molar-refractivity contribution is -0.141. The summed E-state index contributed by atoms with van der Waals surface area (Å²) in [6.45, 7) is 4.00. The lowest BCUT2D eigenvalue weighted by Crippen LogP contribution is -2.14. The third-order valence-corrected chi connectivity index (χ3v) is 3.66. The van der Waals surface area contributed by atoms with Crippen LogP contribution >= 0.6 is 11.6 Å². The van der Waals surface area contributed by atoms with Gasteiger partial charge < -0.3 is 5.11 Å². The molecule has 0 spiro atoms. The lowest BCUT2D eigenvalue weighted by Gasteiger charge is -2.09. The van der Waals surface area contributed by atoms with Gasteiger partial charge in [-0.25, -0.2) is 4.68 Å². The van der Waals surface area contributed by atoms with E-state index >= 15 is 0 Å². The Bertz CT molecular complexity index is 627. The number of carboxylic acids is 1. The first kappa shape index (κ1) is 14.5. The summed E-state index contributed by atoms with van der Waals surface area (Å²) in [5.41, 5.74) is 1.69. The molecule has 0 saturated heterocycles. The highest BCUT2D eigenvalue weighted by atomic mass is 35.5. The first-order chi connectivity index (χ1) is 9.50. The van der Waals surface area contributed by atoms with Crippen molar-refractivity contribution in [2.45, 2.75) is 26.8 Å². The maximum Gasteiger partial charge on any atom is 0.306 e. The average Bonchev–Trinajstić information content (AvgIpc) is 2.87. The van der Waals surface area contributed by atoms with Crippen LogP contribution in [-0.2, 0) is 11.3 Å². The van der Waals surface area contributed by atoms with E-state index < -0.39 is 11.9 Å². The predicted molar refractivity (Wildman–Crippen MR) is 74.4 cm³/mol. The molecule has 2 rings (SSSR count). The molecule has 0 saturated carbocycles. The van der Waals surface area contributed by atoms with E-state index in [4.69, 9.17) is 16.7 Å². The Kier molecular flexibility index (Phi) is 4.34. The zero-order valence-corrected chi connectivity index (χ0v) is 12.0. The molecule has 1 heterocycles. The molecule has 0 aliphatic carbocycles. The van der Waals surface area contributed by atoms with E-state index in [1.165, 1.54) is 0 Å². The molecule has 1 N–H and O–H groups in total. The molecule has 2 aromatic rings. The van der Waals surface area contributed by atoms with Crippen LogP contribution in [0.2, 0.25) is 5.02 Å². The van der Waals surface area contributed by atoms with Gasteiger partial charge in [0.05, 0.1) is 10.9 Å². The zero-order chi connectivity index (χ0) is 14.7. The van der Waals surface area contributed by atoms with Gasteiger partial charge >= 0.3 is 5.97 Å². The minimum absolute atomic E-state index is 0.431. The number of nitrogens with zero attached hydrogens (tertiary/aromatic N) is 4. The minimum Gasteiger partial charge on any atom is -0.481 e. The molecule has 0 aliphatic heterocycles. The number of aromatic nitrogens is 4. The second-order valence-electron chi connectivity index (χ2n) is 4.69. The summed E-state index contributed by atoms with van der Waals surface area (Å²) in [5.74, 6) is -0.718. The number of hydrogen-bond donors (Lipinski definition) is 1. The Morgan fingerprint density at radius 1 is 1.50 bits per heavy atom. The number of aliphatic carboxylic acids is 1. The van der Waals surface area contributed by atoms with Crippen molar-refractivity contribution < 1.29 is 9.90 Å². The van der Waals surface area contributed by atoms with E-state index in [1.807, 2.05) is 25.1 Å². The quantitative estimate of drug-likeness (QED) is 0.916. The van der Waals surface area contributed by atoms with Gasteiger partial charge in [-0.2, -0.15) is 0 Å². The number of halogens is 1. The predicted octanol–water partition coefficient (Wildman–Crippen LogP) is 2.41. The van der Waals surface area contributed by atoms with Crippen molar-refractivity contribution in [3.05, 3.63) is 28.8 Å². The van der Waals surface area contributed by atoms with Crippen molar-refractivity contribution in [2.75, 3.05) is 0 Å². The molecule has 20 heavy (non-hydrogen) atoms. The minimum atomic E-state index is -0.826. The highest BCUT2D eigenvalue weighted by Gasteiger charge is 2.16. The fourth-order valence-corrected chi connectivity index (χ4v) is 2.02. The Labute approximate surface area is 121 Å². The highest BCUT2D eigenvalue weighted by Crippen LogP contribution is 2.28. The summed E-state index contributed by atoms with van der Waals surface area (Å²) in [4.78, 5) is 10.8. The highest BCUT2D eigenvalue weighted by molar-refractivity contribution is 6.33. The van der Waals surface area contributed by atoms with Crippen molar-refractivity contribution in [3.8, 4) is 11.4 Å². The van der Waals surface area contributed by atoms with Crippen LogP contribution in [0.15, 0.2) is 18.2 Å². The van der Waals surface area contributed by atoms with E-state index in [-0.39, 0.29) is 0 Å². The average molecular weight is 295 g/mol. The second-order valence-corrected chi connectivity index (χ2v) is 5.07. The van der Waals surface area contributed by atoms with Gasteiger partial charge in [0, 0.05) is 12.1 Å². The summed E-state index contributed by atoms with van der Waals surface area (Å²) >= 11 is 6.27. The third-order valence-electron chi connectivity index (χ3n) is 3.16. The van der Waals surface area contributed by atoms with Crippen LogP contribution in [0, 0.1) is 12.8 Å². The lowest BCUT2D eigenvalue weighted by atomic mass is 10.1. The Balaban J connectivity index is 2.25. The van der Waals surface area contributed by atoms with E-state index in [0.717, 1.165) is 11.1 Å². The normalized spacial score (nSPS) is 12.3. The molecule has 1 atom stereocenters. The largest absolute Gasteiger partial charge is 0.481 e. The standard InChI is InChI=1S/C13H15ClN4O2/c1-8-4-3-5-10(11(8)14)12-15-16-17-18(12)7-6-9(2)13(19)20/h3-5,9H,6-7H2,1-2H3,(H,19,20). The molecule has 0 amide bonds. The third kappa shape index (κ3) is 2.96. The number of carbonyl (C=O) groups is 1. The van der Waals surface area contributed by atoms with Crippen LogP contribution in [0.3, 0.4) is 0 Å². The van der Waals surface area contributed by atoms with Crippen LogP contribution in [-0.4, -0.2) is 31.3 Å². The fourth-order valence-electron chi connectivity index (χ4n) is 1.81. The van der Waals surface area contributed by atoms with Crippen LogP contribution in [0.25, 0.3) is 11.4 Å². The molecular weight excluding hydrogens is 280 g/mol. The van der Waals surface area contributed by atoms with Gasteiger partial charge in [0.25, 0.3) is 0 Å². The Morgan fingerprint density at radius 3 is 2.95 bits per heavy atom. The molecule has 0 aliphatic rings. The van der Waals surface area contributed by atoms with Gasteiger partial charge in [-0.3, -0.25) is 4.79 Å². The van der Waals surface area contributed by atoms with Gasteiger partial charge in [0.2, 0.25) is 0 Å². The second kappa shape index (κ2) is 6.00. The summed E-state index contributed by atoms with van der Waals surface area (Å²) in [6, 6.07) is 5.64. The van der Waals surface area contributed by atoms with E-state index in [1.54, 1.807) is 11.6 Å². The number of benzene rings is 1. The van der Waals surface area contributed by atoms with E-state index in [0.29, 0.717) is 23.8 Å². The smallest absolute Gasteiger partial charge is 0.306 e. The molecule has 6 nitrogen and oxygen atoms in total. The summed E-state index contributed by atoms with van der Waals surface area (Å²) < 4.78 is 1.58. The summed E-state index contributed by atoms with van der Waals surface area (Å²) in [5, 5.41) is 21.0. The molecule has 106 valence electrons. The monoisotopic (exact) mass is 294 g/mol. The van der Waals surface area contributed by atoms with Gasteiger partial charge in [-0.15, -0.1) is 5.10 Å². The SMILES string of the molecule is Cc1cccc(-c2nnnn2CCC(C)C(=O)O)c1Cl. The van der Waals surface area contributed by atoms with Crippen molar-refractivity contribution in [1.29, 1.82) is 0 Å². The van der Waals surface area contributed by atoms with Gasteiger partial charge in [-0.1, -0.05) is 30.7 Å². The Morgan fingerprint density at radius 2 is 2.25 bits per heavy atom. The molecule has 0 bridgehead atoms. The van der Waals surface area contributed by atoms with Crippen LogP contribution in [0.5, 0.6) is 0 Å². The van der Waals surface area contributed by atoms with Gasteiger partial charge in [-0.05, 0) is 35.4 Å². The van der Waals surface area contributed by atoms with Crippen LogP contribution < -0.4 is 0 Å². The molecule has 1 aromatic carbocycles. The number of carboxylic acid groups (broad SMARTS) is 1. The fraction of sp³-hybridized carbons (Fsp3) is 0.385. The maximum absolute atomic E-state index is 10.8. The number of aryl methyl sites for hydroxylation is 2.